The summed E-state index contributed by atoms with van der Waals surface area (Å²) in [4.78, 5) is 4.31. The monoisotopic (exact) mass is 337 g/mol. The van der Waals surface area contributed by atoms with Crippen molar-refractivity contribution in [2.75, 3.05) is 13.2 Å². The molecule has 1 N–H and O–H groups in total. The fourth-order valence-electron chi connectivity index (χ4n) is 3.08. The van der Waals surface area contributed by atoms with Crippen LogP contribution in [0.4, 0.5) is 0 Å². The van der Waals surface area contributed by atoms with Gasteiger partial charge < -0.3 is 9.84 Å². The minimum Gasteiger partial charge on any atom is -0.386 e. The standard InChI is InChI=1S/C17H17Cl2NO2/c18-13-5-4-12(11-14(13)19)17(6-9-22-10-7-17)16(21)15-3-1-2-8-20-15/h1-5,8,11,16,21H,6-7,9-10H2/t16-/m0/s1. The highest BCUT2D eigenvalue weighted by atomic mass is 35.5. The van der Waals surface area contributed by atoms with Crippen LogP contribution < -0.4 is 0 Å². The molecule has 3 nitrogen and oxygen atoms in total. The van der Waals surface area contributed by atoms with Crippen molar-refractivity contribution in [3.63, 3.8) is 0 Å². The van der Waals surface area contributed by atoms with Gasteiger partial charge in [-0.05, 0) is 42.7 Å². The minimum absolute atomic E-state index is 0.458. The van der Waals surface area contributed by atoms with Gasteiger partial charge in [-0.1, -0.05) is 35.3 Å². The van der Waals surface area contributed by atoms with Crippen LogP contribution in [0, 0.1) is 0 Å². The number of halogens is 2. The summed E-state index contributed by atoms with van der Waals surface area (Å²) in [7, 11) is 0. The van der Waals surface area contributed by atoms with E-state index in [1.165, 1.54) is 0 Å². The van der Waals surface area contributed by atoms with E-state index in [0.29, 0.717) is 41.8 Å². The van der Waals surface area contributed by atoms with Crippen LogP contribution in [0.5, 0.6) is 0 Å². The lowest BCUT2D eigenvalue weighted by molar-refractivity contribution is -0.0187. The van der Waals surface area contributed by atoms with Crippen LogP contribution in [0.2, 0.25) is 10.0 Å². The summed E-state index contributed by atoms with van der Waals surface area (Å²) in [6.07, 6.45) is 2.40. The van der Waals surface area contributed by atoms with Gasteiger partial charge in [0.05, 0.1) is 15.7 Å². The topological polar surface area (TPSA) is 42.4 Å². The van der Waals surface area contributed by atoms with Crippen molar-refractivity contribution < 1.29 is 9.84 Å². The molecule has 116 valence electrons. The van der Waals surface area contributed by atoms with E-state index < -0.39 is 11.5 Å². The largest absolute Gasteiger partial charge is 0.386 e. The molecule has 1 aliphatic rings. The lowest BCUT2D eigenvalue weighted by Crippen LogP contribution is -2.40. The number of ether oxygens (including phenoxy) is 1. The molecule has 1 saturated heterocycles. The third kappa shape index (κ3) is 2.86. The molecule has 0 spiro atoms. The van der Waals surface area contributed by atoms with E-state index >= 15 is 0 Å². The molecule has 22 heavy (non-hydrogen) atoms. The van der Waals surface area contributed by atoms with Crippen LogP contribution in [0.3, 0.4) is 0 Å². The second-order valence-electron chi connectivity index (χ2n) is 5.55. The molecule has 1 fully saturated rings. The highest BCUT2D eigenvalue weighted by Gasteiger charge is 2.42. The minimum atomic E-state index is -0.713. The third-order valence-corrected chi connectivity index (χ3v) is 5.11. The molecule has 2 heterocycles. The summed E-state index contributed by atoms with van der Waals surface area (Å²) in [6.45, 7) is 1.20. The smallest absolute Gasteiger partial charge is 0.106 e. The number of aliphatic hydroxyl groups is 1. The molecule has 0 aliphatic carbocycles. The van der Waals surface area contributed by atoms with Gasteiger partial charge in [0.1, 0.15) is 6.10 Å². The summed E-state index contributed by atoms with van der Waals surface area (Å²) in [5, 5.41) is 12.0. The maximum Gasteiger partial charge on any atom is 0.106 e. The molecule has 0 saturated carbocycles. The maximum atomic E-state index is 11.0. The van der Waals surface area contributed by atoms with E-state index in [4.69, 9.17) is 27.9 Å². The fraction of sp³-hybridized carbons (Fsp3) is 0.353. The van der Waals surface area contributed by atoms with Crippen molar-refractivity contribution in [2.45, 2.75) is 24.4 Å². The SMILES string of the molecule is O[C@@H](c1ccccn1)C1(c2ccc(Cl)c(Cl)c2)CCOCC1. The van der Waals surface area contributed by atoms with Gasteiger partial charge in [-0.15, -0.1) is 0 Å². The average molecular weight is 338 g/mol. The highest BCUT2D eigenvalue weighted by molar-refractivity contribution is 6.42. The van der Waals surface area contributed by atoms with E-state index in [9.17, 15) is 5.11 Å². The molecular weight excluding hydrogens is 321 g/mol. The zero-order valence-electron chi connectivity index (χ0n) is 12.0. The van der Waals surface area contributed by atoms with Gasteiger partial charge in [-0.3, -0.25) is 4.98 Å². The Labute approximate surface area is 139 Å². The first-order valence-corrected chi connectivity index (χ1v) is 8.01. The van der Waals surface area contributed by atoms with E-state index in [1.807, 2.05) is 30.3 Å². The van der Waals surface area contributed by atoms with Crippen molar-refractivity contribution >= 4 is 23.2 Å². The number of aliphatic hydroxyl groups excluding tert-OH is 1. The average Bonchev–Trinajstić information content (AvgIpc) is 2.58. The number of pyridine rings is 1. The fourth-order valence-corrected chi connectivity index (χ4v) is 3.38. The predicted molar refractivity (Wildman–Crippen MR) is 87.4 cm³/mol. The quantitative estimate of drug-likeness (QED) is 0.913. The predicted octanol–water partition coefficient (Wildman–Crippen LogP) is 4.17. The molecule has 0 bridgehead atoms. The Morgan fingerprint density at radius 2 is 1.86 bits per heavy atom. The summed E-state index contributed by atoms with van der Waals surface area (Å²) >= 11 is 12.2. The Bertz CT molecular complexity index is 642. The zero-order chi connectivity index (χ0) is 15.6. The molecule has 5 heteroatoms. The van der Waals surface area contributed by atoms with Gasteiger partial charge in [0, 0.05) is 24.8 Å². The first-order chi connectivity index (χ1) is 10.6. The molecule has 1 aromatic carbocycles. The van der Waals surface area contributed by atoms with Crippen molar-refractivity contribution in [3.05, 3.63) is 63.9 Å². The molecule has 0 amide bonds. The van der Waals surface area contributed by atoms with Crippen molar-refractivity contribution in [2.24, 2.45) is 0 Å². The number of aromatic nitrogens is 1. The summed E-state index contributed by atoms with van der Waals surface area (Å²) < 4.78 is 5.50. The summed E-state index contributed by atoms with van der Waals surface area (Å²) in [5.74, 6) is 0. The molecule has 1 aliphatic heterocycles. The number of hydrogen-bond donors (Lipinski definition) is 1. The van der Waals surface area contributed by atoms with E-state index in [1.54, 1.807) is 12.3 Å². The second-order valence-corrected chi connectivity index (χ2v) is 6.37. The van der Waals surface area contributed by atoms with Crippen molar-refractivity contribution in [1.82, 2.24) is 4.98 Å². The summed E-state index contributed by atoms with van der Waals surface area (Å²) in [5.41, 5.74) is 1.18. The van der Waals surface area contributed by atoms with Crippen molar-refractivity contribution in [1.29, 1.82) is 0 Å². The van der Waals surface area contributed by atoms with Gasteiger partial charge in [0.25, 0.3) is 0 Å². The van der Waals surface area contributed by atoms with Crippen LogP contribution in [0.1, 0.15) is 30.2 Å². The maximum absolute atomic E-state index is 11.0. The molecule has 0 unspecified atom stereocenters. The van der Waals surface area contributed by atoms with Gasteiger partial charge in [-0.25, -0.2) is 0 Å². The Morgan fingerprint density at radius 3 is 2.50 bits per heavy atom. The number of rotatable bonds is 3. The first kappa shape index (κ1) is 15.8. The van der Waals surface area contributed by atoms with Gasteiger partial charge in [-0.2, -0.15) is 0 Å². The summed E-state index contributed by atoms with van der Waals surface area (Å²) in [6, 6.07) is 11.1. The highest BCUT2D eigenvalue weighted by Crippen LogP contribution is 2.45. The Hall–Kier alpha value is -1.13. The lowest BCUT2D eigenvalue weighted by atomic mass is 9.69. The first-order valence-electron chi connectivity index (χ1n) is 7.26. The number of hydrogen-bond acceptors (Lipinski definition) is 3. The normalized spacial score (nSPS) is 18.9. The van der Waals surface area contributed by atoms with E-state index in [2.05, 4.69) is 4.98 Å². The molecular formula is C17H17Cl2NO2. The van der Waals surface area contributed by atoms with Crippen LogP contribution in [0.15, 0.2) is 42.6 Å². The van der Waals surface area contributed by atoms with E-state index in [-0.39, 0.29) is 0 Å². The Morgan fingerprint density at radius 1 is 1.09 bits per heavy atom. The molecule has 1 aromatic heterocycles. The lowest BCUT2D eigenvalue weighted by Gasteiger charge is -2.41. The van der Waals surface area contributed by atoms with Crippen LogP contribution >= 0.6 is 23.2 Å². The number of nitrogens with zero attached hydrogens (tertiary/aromatic N) is 1. The van der Waals surface area contributed by atoms with E-state index in [0.717, 1.165) is 5.56 Å². The van der Waals surface area contributed by atoms with Crippen LogP contribution in [-0.4, -0.2) is 23.3 Å². The van der Waals surface area contributed by atoms with Crippen LogP contribution in [0.25, 0.3) is 0 Å². The second kappa shape index (κ2) is 6.55. The Kier molecular flexibility index (Phi) is 4.69. The van der Waals surface area contributed by atoms with Gasteiger partial charge in [0.2, 0.25) is 0 Å². The van der Waals surface area contributed by atoms with Gasteiger partial charge in [0.15, 0.2) is 0 Å². The molecule has 3 rings (SSSR count). The molecule has 1 atom stereocenters. The Balaban J connectivity index is 2.06. The van der Waals surface area contributed by atoms with Crippen molar-refractivity contribution in [3.8, 4) is 0 Å². The third-order valence-electron chi connectivity index (χ3n) is 4.37. The molecule has 0 radical (unpaired) electrons. The van der Waals surface area contributed by atoms with Crippen LogP contribution in [-0.2, 0) is 10.2 Å². The number of benzene rings is 1. The van der Waals surface area contributed by atoms with Gasteiger partial charge >= 0.3 is 0 Å². The zero-order valence-corrected chi connectivity index (χ0v) is 13.5. The molecule has 2 aromatic rings.